The largest absolute Gasteiger partial charge is 0.0843 e. The van der Waals surface area contributed by atoms with Crippen molar-refractivity contribution >= 4 is 34.8 Å². The van der Waals surface area contributed by atoms with Gasteiger partial charge in [-0.25, -0.2) is 0 Å². The fourth-order valence-corrected chi connectivity index (χ4v) is 2.13. The Balaban J connectivity index is 2.56. The van der Waals surface area contributed by atoms with Crippen LogP contribution in [-0.4, -0.2) is 0 Å². The first-order valence-corrected chi connectivity index (χ1v) is 5.93. The van der Waals surface area contributed by atoms with E-state index < -0.39 is 0 Å². The molecular weight excluding hydrogens is 263 g/mol. The second kappa shape index (κ2) is 4.67. The smallest absolute Gasteiger partial charge is 0.0499 e. The highest BCUT2D eigenvalue weighted by Crippen LogP contribution is 2.33. The van der Waals surface area contributed by atoms with Crippen LogP contribution in [0.2, 0.25) is 15.1 Å². The molecule has 16 heavy (non-hydrogen) atoms. The zero-order valence-electron chi connectivity index (χ0n) is 8.60. The molecule has 3 heteroatoms. The Morgan fingerprint density at radius 3 is 2.06 bits per heavy atom. The van der Waals surface area contributed by atoms with Crippen LogP contribution in [0.4, 0.5) is 0 Å². The molecule has 0 aliphatic heterocycles. The number of rotatable bonds is 1. The molecule has 82 valence electrons. The first-order valence-electron chi connectivity index (χ1n) is 4.79. The van der Waals surface area contributed by atoms with Crippen LogP contribution in [-0.2, 0) is 0 Å². The van der Waals surface area contributed by atoms with Gasteiger partial charge in [-0.1, -0.05) is 46.9 Å². The summed E-state index contributed by atoms with van der Waals surface area (Å²) >= 11 is 18.0. The molecule has 0 aromatic heterocycles. The Hall–Kier alpha value is -0.690. The SMILES string of the molecule is Cc1cc(-c2ccc(Cl)cc2)c(Cl)cc1Cl. The van der Waals surface area contributed by atoms with E-state index >= 15 is 0 Å². The van der Waals surface area contributed by atoms with E-state index in [1.807, 2.05) is 37.3 Å². The summed E-state index contributed by atoms with van der Waals surface area (Å²) in [6.07, 6.45) is 0. The normalized spacial score (nSPS) is 10.5. The fraction of sp³-hybridized carbons (Fsp3) is 0.0769. The van der Waals surface area contributed by atoms with Gasteiger partial charge in [-0.15, -0.1) is 0 Å². The highest BCUT2D eigenvalue weighted by molar-refractivity contribution is 6.37. The van der Waals surface area contributed by atoms with Gasteiger partial charge in [0.2, 0.25) is 0 Å². The lowest BCUT2D eigenvalue weighted by atomic mass is 10.0. The Kier molecular flexibility index (Phi) is 3.44. The topological polar surface area (TPSA) is 0 Å². The lowest BCUT2D eigenvalue weighted by Gasteiger charge is -2.07. The molecule has 0 aliphatic rings. The predicted octanol–water partition coefficient (Wildman–Crippen LogP) is 5.62. The Morgan fingerprint density at radius 2 is 1.44 bits per heavy atom. The van der Waals surface area contributed by atoms with Crippen LogP contribution in [0, 0.1) is 6.92 Å². The van der Waals surface area contributed by atoms with Gasteiger partial charge in [0.25, 0.3) is 0 Å². The molecule has 0 saturated heterocycles. The number of hydrogen-bond donors (Lipinski definition) is 0. The summed E-state index contributed by atoms with van der Waals surface area (Å²) in [5.74, 6) is 0. The summed E-state index contributed by atoms with van der Waals surface area (Å²) in [5, 5.41) is 2.05. The summed E-state index contributed by atoms with van der Waals surface area (Å²) < 4.78 is 0. The molecule has 0 unspecified atom stereocenters. The molecule has 0 radical (unpaired) electrons. The van der Waals surface area contributed by atoms with Gasteiger partial charge in [0.15, 0.2) is 0 Å². The van der Waals surface area contributed by atoms with Crippen LogP contribution >= 0.6 is 34.8 Å². The minimum absolute atomic E-state index is 0.651. The van der Waals surface area contributed by atoms with Crippen molar-refractivity contribution in [3.8, 4) is 11.1 Å². The predicted molar refractivity (Wildman–Crippen MR) is 71.6 cm³/mol. The van der Waals surface area contributed by atoms with Crippen molar-refractivity contribution in [1.29, 1.82) is 0 Å². The number of aryl methyl sites for hydroxylation is 1. The van der Waals surface area contributed by atoms with Gasteiger partial charge in [0.1, 0.15) is 0 Å². The average molecular weight is 272 g/mol. The average Bonchev–Trinajstić information content (AvgIpc) is 2.25. The Bertz CT molecular complexity index is 515. The summed E-state index contributed by atoms with van der Waals surface area (Å²) in [4.78, 5) is 0. The van der Waals surface area contributed by atoms with Crippen molar-refractivity contribution in [2.24, 2.45) is 0 Å². The first-order chi connectivity index (χ1) is 7.58. The van der Waals surface area contributed by atoms with E-state index in [1.54, 1.807) is 6.07 Å². The van der Waals surface area contributed by atoms with Gasteiger partial charge in [-0.2, -0.15) is 0 Å². The van der Waals surface area contributed by atoms with Crippen molar-refractivity contribution in [3.63, 3.8) is 0 Å². The van der Waals surface area contributed by atoms with Crippen molar-refractivity contribution in [3.05, 3.63) is 57.0 Å². The molecule has 0 nitrogen and oxygen atoms in total. The molecule has 0 atom stereocenters. The number of halogens is 3. The molecule has 0 N–H and O–H groups in total. The second-order valence-electron chi connectivity index (χ2n) is 3.59. The molecule has 2 rings (SSSR count). The van der Waals surface area contributed by atoms with Crippen LogP contribution in [0.15, 0.2) is 36.4 Å². The monoisotopic (exact) mass is 270 g/mol. The third kappa shape index (κ3) is 2.35. The van der Waals surface area contributed by atoms with Gasteiger partial charge in [-0.05, 0) is 42.3 Å². The third-order valence-electron chi connectivity index (χ3n) is 2.40. The maximum Gasteiger partial charge on any atom is 0.0499 e. The Labute approximate surface area is 110 Å². The van der Waals surface area contributed by atoms with E-state index in [0.29, 0.717) is 15.1 Å². The van der Waals surface area contributed by atoms with Gasteiger partial charge in [0, 0.05) is 20.6 Å². The zero-order chi connectivity index (χ0) is 11.7. The van der Waals surface area contributed by atoms with Crippen molar-refractivity contribution < 1.29 is 0 Å². The van der Waals surface area contributed by atoms with Gasteiger partial charge in [-0.3, -0.25) is 0 Å². The van der Waals surface area contributed by atoms with Gasteiger partial charge in [0.05, 0.1) is 0 Å². The summed E-state index contributed by atoms with van der Waals surface area (Å²) in [7, 11) is 0. The van der Waals surface area contributed by atoms with Crippen molar-refractivity contribution in [1.82, 2.24) is 0 Å². The van der Waals surface area contributed by atoms with E-state index in [2.05, 4.69) is 0 Å². The molecule has 0 amide bonds. The van der Waals surface area contributed by atoms with Crippen LogP contribution < -0.4 is 0 Å². The quantitative estimate of drug-likeness (QED) is 0.631. The highest BCUT2D eigenvalue weighted by Gasteiger charge is 2.06. The Morgan fingerprint density at radius 1 is 0.812 bits per heavy atom. The lowest BCUT2D eigenvalue weighted by molar-refractivity contribution is 1.46. The van der Waals surface area contributed by atoms with E-state index in [9.17, 15) is 0 Å². The molecule has 0 fully saturated rings. The summed E-state index contributed by atoms with van der Waals surface area (Å²) in [5.41, 5.74) is 3.02. The molecule has 0 aliphatic carbocycles. The highest BCUT2D eigenvalue weighted by atomic mass is 35.5. The van der Waals surface area contributed by atoms with E-state index in [4.69, 9.17) is 34.8 Å². The zero-order valence-corrected chi connectivity index (χ0v) is 10.9. The lowest BCUT2D eigenvalue weighted by Crippen LogP contribution is -1.83. The van der Waals surface area contributed by atoms with Gasteiger partial charge >= 0.3 is 0 Å². The van der Waals surface area contributed by atoms with E-state index in [1.165, 1.54) is 0 Å². The minimum Gasteiger partial charge on any atom is -0.0843 e. The fourth-order valence-electron chi connectivity index (χ4n) is 1.51. The standard InChI is InChI=1S/C13H9Cl3/c1-8-6-11(13(16)7-12(8)15)9-2-4-10(14)5-3-9/h2-7H,1H3. The van der Waals surface area contributed by atoms with Crippen LogP contribution in [0.1, 0.15) is 5.56 Å². The minimum atomic E-state index is 0.651. The number of hydrogen-bond acceptors (Lipinski definition) is 0. The van der Waals surface area contributed by atoms with Crippen molar-refractivity contribution in [2.45, 2.75) is 6.92 Å². The molecule has 0 saturated carbocycles. The van der Waals surface area contributed by atoms with E-state index in [-0.39, 0.29) is 0 Å². The maximum atomic E-state index is 6.16. The summed E-state index contributed by atoms with van der Waals surface area (Å²) in [6, 6.07) is 11.3. The molecule has 2 aromatic rings. The second-order valence-corrected chi connectivity index (χ2v) is 4.84. The van der Waals surface area contributed by atoms with Crippen LogP contribution in [0.3, 0.4) is 0 Å². The molecule has 0 spiro atoms. The molecule has 2 aromatic carbocycles. The van der Waals surface area contributed by atoms with Crippen molar-refractivity contribution in [2.75, 3.05) is 0 Å². The van der Waals surface area contributed by atoms with Crippen LogP contribution in [0.25, 0.3) is 11.1 Å². The van der Waals surface area contributed by atoms with Gasteiger partial charge < -0.3 is 0 Å². The molecular formula is C13H9Cl3. The first kappa shape index (κ1) is 11.8. The third-order valence-corrected chi connectivity index (χ3v) is 3.38. The maximum absolute atomic E-state index is 6.16. The summed E-state index contributed by atoms with van der Waals surface area (Å²) in [6.45, 7) is 1.96. The van der Waals surface area contributed by atoms with Crippen LogP contribution in [0.5, 0.6) is 0 Å². The number of benzene rings is 2. The van der Waals surface area contributed by atoms with E-state index in [0.717, 1.165) is 16.7 Å². The molecule has 0 bridgehead atoms. The molecule has 0 heterocycles.